The zero-order valence-corrected chi connectivity index (χ0v) is 9.40. The maximum Gasteiger partial charge on any atom is 0.251 e. The van der Waals surface area contributed by atoms with E-state index in [0.29, 0.717) is 13.0 Å². The molecule has 0 saturated heterocycles. The lowest BCUT2D eigenvalue weighted by Crippen LogP contribution is -2.35. The molecule has 0 radical (unpaired) electrons. The Labute approximate surface area is 95.3 Å². The second-order valence-corrected chi connectivity index (χ2v) is 4.05. The van der Waals surface area contributed by atoms with Crippen molar-refractivity contribution in [2.24, 2.45) is 0 Å². The SMILES string of the molecule is C=C(C)CON1C(=O)CCc2ccccc21. The van der Waals surface area contributed by atoms with Crippen molar-refractivity contribution < 1.29 is 9.63 Å². The van der Waals surface area contributed by atoms with Gasteiger partial charge in [-0.15, -0.1) is 0 Å². The normalized spacial score (nSPS) is 14.8. The van der Waals surface area contributed by atoms with E-state index in [1.54, 1.807) is 0 Å². The second-order valence-electron chi connectivity index (χ2n) is 4.05. The Morgan fingerprint density at radius 2 is 2.19 bits per heavy atom. The van der Waals surface area contributed by atoms with Gasteiger partial charge in [0.25, 0.3) is 5.91 Å². The molecule has 0 atom stereocenters. The van der Waals surface area contributed by atoms with Crippen molar-refractivity contribution >= 4 is 11.6 Å². The lowest BCUT2D eigenvalue weighted by molar-refractivity contribution is -0.126. The number of amides is 1. The van der Waals surface area contributed by atoms with Crippen LogP contribution in [-0.4, -0.2) is 12.5 Å². The highest BCUT2D eigenvalue weighted by molar-refractivity contribution is 5.94. The summed E-state index contributed by atoms with van der Waals surface area (Å²) in [5.74, 6) is 0.0138. The van der Waals surface area contributed by atoms with E-state index in [9.17, 15) is 4.79 Å². The van der Waals surface area contributed by atoms with E-state index in [0.717, 1.165) is 23.2 Å². The first-order valence-corrected chi connectivity index (χ1v) is 5.36. The summed E-state index contributed by atoms with van der Waals surface area (Å²) >= 11 is 0. The summed E-state index contributed by atoms with van der Waals surface area (Å²) in [5, 5.41) is 1.40. The minimum absolute atomic E-state index is 0.0138. The molecule has 0 spiro atoms. The number of aryl methyl sites for hydroxylation is 1. The van der Waals surface area contributed by atoms with Gasteiger partial charge in [0.2, 0.25) is 0 Å². The van der Waals surface area contributed by atoms with Gasteiger partial charge in [-0.1, -0.05) is 30.4 Å². The Balaban J connectivity index is 2.23. The molecule has 0 aromatic heterocycles. The van der Waals surface area contributed by atoms with E-state index in [4.69, 9.17) is 4.84 Å². The zero-order valence-electron chi connectivity index (χ0n) is 9.40. The van der Waals surface area contributed by atoms with Crippen molar-refractivity contribution in [2.75, 3.05) is 11.7 Å². The lowest BCUT2D eigenvalue weighted by atomic mass is 10.0. The van der Waals surface area contributed by atoms with Gasteiger partial charge in [0.1, 0.15) is 0 Å². The number of hydroxylamine groups is 1. The van der Waals surface area contributed by atoms with Gasteiger partial charge in [-0.05, 0) is 25.0 Å². The lowest BCUT2D eigenvalue weighted by Gasteiger charge is -2.28. The van der Waals surface area contributed by atoms with Crippen molar-refractivity contribution in [3.05, 3.63) is 42.0 Å². The largest absolute Gasteiger partial charge is 0.272 e. The van der Waals surface area contributed by atoms with E-state index in [2.05, 4.69) is 6.58 Å². The van der Waals surface area contributed by atoms with Crippen LogP contribution in [0.4, 0.5) is 5.69 Å². The molecule has 1 aromatic rings. The van der Waals surface area contributed by atoms with Crippen LogP contribution in [0.5, 0.6) is 0 Å². The minimum Gasteiger partial charge on any atom is -0.272 e. The number of fused-ring (bicyclic) bond motifs is 1. The second kappa shape index (κ2) is 4.49. The molecule has 1 aliphatic rings. The first-order valence-electron chi connectivity index (χ1n) is 5.36. The molecule has 0 N–H and O–H groups in total. The Hall–Kier alpha value is -1.61. The quantitative estimate of drug-likeness (QED) is 0.728. The summed E-state index contributed by atoms with van der Waals surface area (Å²) in [6.07, 6.45) is 1.30. The summed E-state index contributed by atoms with van der Waals surface area (Å²) in [4.78, 5) is 17.2. The number of rotatable bonds is 3. The number of benzene rings is 1. The van der Waals surface area contributed by atoms with Crippen LogP contribution in [-0.2, 0) is 16.1 Å². The van der Waals surface area contributed by atoms with Crippen LogP contribution in [0.3, 0.4) is 0 Å². The Bertz CT molecular complexity index is 426. The predicted molar refractivity (Wildman–Crippen MR) is 63.0 cm³/mol. The topological polar surface area (TPSA) is 29.5 Å². The van der Waals surface area contributed by atoms with E-state index in [1.165, 1.54) is 5.06 Å². The first-order chi connectivity index (χ1) is 7.68. The molecule has 3 nitrogen and oxygen atoms in total. The molecule has 0 aliphatic carbocycles. The number of para-hydroxylation sites is 1. The van der Waals surface area contributed by atoms with Gasteiger partial charge in [0, 0.05) is 6.42 Å². The van der Waals surface area contributed by atoms with E-state index in [-0.39, 0.29) is 5.91 Å². The number of nitrogens with zero attached hydrogens (tertiary/aromatic N) is 1. The van der Waals surface area contributed by atoms with Crippen molar-refractivity contribution in [1.82, 2.24) is 0 Å². The fourth-order valence-corrected chi connectivity index (χ4v) is 1.71. The van der Waals surface area contributed by atoms with Gasteiger partial charge in [-0.3, -0.25) is 9.63 Å². The van der Waals surface area contributed by atoms with Crippen molar-refractivity contribution in [2.45, 2.75) is 19.8 Å². The highest BCUT2D eigenvalue weighted by Gasteiger charge is 2.24. The van der Waals surface area contributed by atoms with Gasteiger partial charge in [-0.2, -0.15) is 5.06 Å². The fourth-order valence-electron chi connectivity index (χ4n) is 1.71. The summed E-state index contributed by atoms with van der Waals surface area (Å²) in [6, 6.07) is 7.82. The average molecular weight is 217 g/mol. The Morgan fingerprint density at radius 1 is 1.44 bits per heavy atom. The molecule has 0 unspecified atom stereocenters. The maximum atomic E-state index is 11.7. The number of carbonyl (C=O) groups excluding carboxylic acids is 1. The third kappa shape index (κ3) is 2.14. The molecule has 3 heteroatoms. The van der Waals surface area contributed by atoms with Crippen molar-refractivity contribution in [1.29, 1.82) is 0 Å². The van der Waals surface area contributed by atoms with Crippen molar-refractivity contribution in [3.63, 3.8) is 0 Å². The van der Waals surface area contributed by atoms with Crippen LogP contribution >= 0.6 is 0 Å². The fraction of sp³-hybridized carbons (Fsp3) is 0.308. The molecule has 0 saturated carbocycles. The van der Waals surface area contributed by atoms with Crippen LogP contribution in [0, 0.1) is 0 Å². The molecular weight excluding hydrogens is 202 g/mol. The highest BCUT2D eigenvalue weighted by atomic mass is 16.7. The first kappa shape index (κ1) is 10.9. The maximum absolute atomic E-state index is 11.7. The van der Waals surface area contributed by atoms with Gasteiger partial charge in [0.15, 0.2) is 0 Å². The average Bonchev–Trinajstić information content (AvgIpc) is 2.27. The van der Waals surface area contributed by atoms with E-state index in [1.807, 2.05) is 31.2 Å². The van der Waals surface area contributed by atoms with Gasteiger partial charge >= 0.3 is 0 Å². The molecule has 0 bridgehead atoms. The summed E-state index contributed by atoms with van der Waals surface area (Å²) in [5.41, 5.74) is 2.92. The number of hydrogen-bond acceptors (Lipinski definition) is 2. The third-order valence-corrected chi connectivity index (χ3v) is 2.49. The standard InChI is InChI=1S/C13H15NO2/c1-10(2)9-16-14-12-6-4-3-5-11(12)7-8-13(14)15/h3-6H,1,7-9H2,2H3. The van der Waals surface area contributed by atoms with Gasteiger partial charge in [-0.25, -0.2) is 0 Å². The Kier molecular flexibility index (Phi) is 3.06. The van der Waals surface area contributed by atoms with E-state index >= 15 is 0 Å². The monoisotopic (exact) mass is 217 g/mol. The molecule has 1 amide bonds. The summed E-state index contributed by atoms with van der Waals surface area (Å²) in [6.45, 7) is 6.01. The molecule has 1 heterocycles. The molecule has 84 valence electrons. The molecule has 1 aromatic carbocycles. The van der Waals surface area contributed by atoms with Crippen LogP contribution in [0.15, 0.2) is 36.4 Å². The molecule has 2 rings (SSSR count). The number of carbonyl (C=O) groups is 1. The van der Waals surface area contributed by atoms with Crippen LogP contribution < -0.4 is 5.06 Å². The number of anilines is 1. The smallest absolute Gasteiger partial charge is 0.251 e. The van der Waals surface area contributed by atoms with Crippen molar-refractivity contribution in [3.8, 4) is 0 Å². The minimum atomic E-state index is 0.0138. The molecule has 0 fully saturated rings. The molecular formula is C13H15NO2. The zero-order chi connectivity index (χ0) is 11.5. The van der Waals surface area contributed by atoms with Crippen LogP contribution in [0.1, 0.15) is 18.9 Å². The molecule has 1 aliphatic heterocycles. The van der Waals surface area contributed by atoms with E-state index < -0.39 is 0 Å². The summed E-state index contributed by atoms with van der Waals surface area (Å²) in [7, 11) is 0. The Morgan fingerprint density at radius 3 is 2.94 bits per heavy atom. The number of hydrogen-bond donors (Lipinski definition) is 0. The van der Waals surface area contributed by atoms with Gasteiger partial charge in [0.05, 0.1) is 12.3 Å². The van der Waals surface area contributed by atoms with Gasteiger partial charge < -0.3 is 0 Å². The summed E-state index contributed by atoms with van der Waals surface area (Å²) < 4.78 is 0. The molecule has 16 heavy (non-hydrogen) atoms. The highest BCUT2D eigenvalue weighted by Crippen LogP contribution is 2.27. The predicted octanol–water partition coefficient (Wildman–Crippen LogP) is 2.47. The third-order valence-electron chi connectivity index (χ3n) is 2.49. The van der Waals surface area contributed by atoms with Crippen LogP contribution in [0.25, 0.3) is 0 Å². The van der Waals surface area contributed by atoms with Crippen LogP contribution in [0.2, 0.25) is 0 Å².